The second-order valence-corrected chi connectivity index (χ2v) is 9.06. The summed E-state index contributed by atoms with van der Waals surface area (Å²) < 4.78 is 10.6. The second-order valence-electron chi connectivity index (χ2n) is 8.05. The lowest BCUT2D eigenvalue weighted by atomic mass is 10.1. The maximum atomic E-state index is 12.9. The first-order valence-corrected chi connectivity index (χ1v) is 11.5. The van der Waals surface area contributed by atoms with Crippen LogP contribution in [0, 0.1) is 13.8 Å². The maximum absolute atomic E-state index is 12.9. The molecule has 0 aliphatic carbocycles. The Labute approximate surface area is 194 Å². The Hall–Kier alpha value is -3.66. The summed E-state index contributed by atoms with van der Waals surface area (Å²) in [5, 5.41) is 15.0. The van der Waals surface area contributed by atoms with Crippen LogP contribution in [-0.4, -0.2) is 40.4 Å². The number of aromatic nitrogens is 2. The van der Waals surface area contributed by atoms with Gasteiger partial charge in [-0.2, -0.15) is 0 Å². The highest BCUT2D eigenvalue weighted by Gasteiger charge is 2.33. The van der Waals surface area contributed by atoms with Crippen LogP contribution in [0.3, 0.4) is 0 Å². The van der Waals surface area contributed by atoms with Gasteiger partial charge in [-0.25, -0.2) is 4.79 Å². The number of anilines is 2. The van der Waals surface area contributed by atoms with Crippen molar-refractivity contribution in [3.8, 4) is 11.5 Å². The summed E-state index contributed by atoms with van der Waals surface area (Å²) in [4.78, 5) is 27.4. The Morgan fingerprint density at radius 3 is 2.64 bits per heavy atom. The minimum absolute atomic E-state index is 0.168. The fourth-order valence-electron chi connectivity index (χ4n) is 3.90. The van der Waals surface area contributed by atoms with Gasteiger partial charge in [-0.05, 0) is 62.1 Å². The summed E-state index contributed by atoms with van der Waals surface area (Å²) in [6, 6.07) is 10.7. The number of ether oxygens (including phenoxy) is 2. The molecule has 0 saturated carbocycles. The standard InChI is InChI=1S/C23H23N5O4S/c1-13-5-6-15(10-14(13)2)25-23(30)28-9-3-4-17(28)21-26-27-22(33-21)20(29)24-16-7-8-18-19(11-16)32-12-31-18/h5-8,10-11,17H,3-4,9,12H2,1-2H3,(H,24,29)(H,25,30). The van der Waals surface area contributed by atoms with Crippen molar-refractivity contribution in [2.45, 2.75) is 32.7 Å². The van der Waals surface area contributed by atoms with Gasteiger partial charge in [-0.15, -0.1) is 10.2 Å². The molecule has 2 N–H and O–H groups in total. The van der Waals surface area contributed by atoms with Gasteiger partial charge in [0, 0.05) is 24.0 Å². The van der Waals surface area contributed by atoms with E-state index in [-0.39, 0.29) is 29.8 Å². The molecule has 3 amide bonds. The van der Waals surface area contributed by atoms with Crippen molar-refractivity contribution in [2.24, 2.45) is 0 Å². The van der Waals surface area contributed by atoms with Crippen molar-refractivity contribution in [1.29, 1.82) is 0 Å². The van der Waals surface area contributed by atoms with Crippen molar-refractivity contribution >= 4 is 34.6 Å². The molecule has 1 unspecified atom stereocenters. The van der Waals surface area contributed by atoms with Gasteiger partial charge < -0.3 is 25.0 Å². The number of fused-ring (bicyclic) bond motifs is 1. The van der Waals surface area contributed by atoms with Crippen LogP contribution < -0.4 is 20.1 Å². The third-order valence-corrected chi connectivity index (χ3v) is 6.85. The van der Waals surface area contributed by atoms with E-state index in [1.165, 1.54) is 16.9 Å². The van der Waals surface area contributed by atoms with Crippen molar-refractivity contribution < 1.29 is 19.1 Å². The highest BCUT2D eigenvalue weighted by molar-refractivity contribution is 7.13. The SMILES string of the molecule is Cc1ccc(NC(=O)N2CCCC2c2nnc(C(=O)Nc3ccc4c(c3)OCO4)s2)cc1C. The smallest absolute Gasteiger partial charge is 0.322 e. The molecule has 5 rings (SSSR count). The largest absolute Gasteiger partial charge is 0.454 e. The molecule has 0 spiro atoms. The third-order valence-electron chi connectivity index (χ3n) is 5.82. The number of amides is 3. The second kappa shape index (κ2) is 8.70. The molecule has 170 valence electrons. The van der Waals surface area contributed by atoms with E-state index in [1.54, 1.807) is 23.1 Å². The number of nitrogens with zero attached hydrogens (tertiary/aromatic N) is 3. The number of likely N-dealkylation sites (tertiary alicyclic amines) is 1. The van der Waals surface area contributed by atoms with Gasteiger partial charge in [-0.1, -0.05) is 17.4 Å². The number of hydrogen-bond donors (Lipinski definition) is 2. The van der Waals surface area contributed by atoms with Crippen LogP contribution in [-0.2, 0) is 0 Å². The van der Waals surface area contributed by atoms with E-state index in [0.717, 1.165) is 24.1 Å². The molecule has 3 heterocycles. The van der Waals surface area contributed by atoms with Crippen LogP contribution in [0.5, 0.6) is 11.5 Å². The van der Waals surface area contributed by atoms with Gasteiger partial charge in [0.2, 0.25) is 11.8 Å². The lowest BCUT2D eigenvalue weighted by molar-refractivity contribution is 0.102. The van der Waals surface area contributed by atoms with Gasteiger partial charge in [0.1, 0.15) is 5.01 Å². The average Bonchev–Trinajstić information content (AvgIpc) is 3.55. The molecule has 3 aromatic rings. The third kappa shape index (κ3) is 4.34. The molecule has 1 fully saturated rings. The van der Waals surface area contributed by atoms with E-state index in [4.69, 9.17) is 9.47 Å². The van der Waals surface area contributed by atoms with Crippen molar-refractivity contribution in [2.75, 3.05) is 24.0 Å². The summed E-state index contributed by atoms with van der Waals surface area (Å²) in [5.74, 6) is 0.871. The predicted octanol–water partition coefficient (Wildman–Crippen LogP) is 4.50. The molecule has 1 saturated heterocycles. The first-order valence-electron chi connectivity index (χ1n) is 10.7. The molecule has 0 radical (unpaired) electrons. The topological polar surface area (TPSA) is 106 Å². The number of carbonyl (C=O) groups is 2. The number of hydrogen-bond acceptors (Lipinski definition) is 7. The molecule has 2 aliphatic heterocycles. The van der Waals surface area contributed by atoms with Crippen LogP contribution in [0.2, 0.25) is 0 Å². The molecule has 1 atom stereocenters. The number of rotatable bonds is 4. The Morgan fingerprint density at radius 2 is 1.79 bits per heavy atom. The van der Waals surface area contributed by atoms with Crippen LogP contribution in [0.25, 0.3) is 0 Å². The van der Waals surface area contributed by atoms with E-state index in [2.05, 4.69) is 20.8 Å². The fourth-order valence-corrected chi connectivity index (χ4v) is 4.79. The predicted molar refractivity (Wildman–Crippen MR) is 124 cm³/mol. The van der Waals surface area contributed by atoms with Crippen LogP contribution in [0.1, 0.15) is 44.8 Å². The van der Waals surface area contributed by atoms with Crippen LogP contribution >= 0.6 is 11.3 Å². The summed E-state index contributed by atoms with van der Waals surface area (Å²) in [5.41, 5.74) is 3.63. The number of nitrogens with one attached hydrogen (secondary N) is 2. The molecule has 0 bridgehead atoms. The zero-order chi connectivity index (χ0) is 22.9. The fraction of sp³-hybridized carbons (Fsp3) is 0.304. The normalized spacial score (nSPS) is 16.7. The molecule has 1 aromatic heterocycles. The first-order chi connectivity index (χ1) is 16.0. The molecule has 2 aliphatic rings. The minimum atomic E-state index is -0.359. The first kappa shape index (κ1) is 21.2. The number of aryl methyl sites for hydroxylation is 2. The van der Waals surface area contributed by atoms with E-state index < -0.39 is 0 Å². The Balaban J connectivity index is 1.26. The number of carbonyl (C=O) groups excluding carboxylic acids is 2. The van der Waals surface area contributed by atoms with Crippen LogP contribution in [0.15, 0.2) is 36.4 Å². The van der Waals surface area contributed by atoms with Crippen LogP contribution in [0.4, 0.5) is 16.2 Å². The Bertz CT molecular complexity index is 1230. The van der Waals surface area contributed by atoms with Gasteiger partial charge in [0.15, 0.2) is 11.5 Å². The summed E-state index contributed by atoms with van der Waals surface area (Å²) in [6.45, 7) is 4.84. The maximum Gasteiger partial charge on any atom is 0.322 e. The zero-order valence-electron chi connectivity index (χ0n) is 18.3. The Morgan fingerprint density at radius 1 is 1.00 bits per heavy atom. The number of urea groups is 1. The van der Waals surface area contributed by atoms with E-state index in [0.29, 0.717) is 28.7 Å². The summed E-state index contributed by atoms with van der Waals surface area (Å²) >= 11 is 1.20. The highest BCUT2D eigenvalue weighted by atomic mass is 32.1. The zero-order valence-corrected chi connectivity index (χ0v) is 19.1. The Kier molecular flexibility index (Phi) is 5.59. The van der Waals surface area contributed by atoms with Gasteiger partial charge in [0.25, 0.3) is 5.91 Å². The van der Waals surface area contributed by atoms with E-state index in [9.17, 15) is 9.59 Å². The highest BCUT2D eigenvalue weighted by Crippen LogP contribution is 2.36. The summed E-state index contributed by atoms with van der Waals surface area (Å²) in [6.07, 6.45) is 1.64. The molecule has 2 aromatic carbocycles. The average molecular weight is 466 g/mol. The molecule has 33 heavy (non-hydrogen) atoms. The molecular weight excluding hydrogens is 442 g/mol. The van der Waals surface area contributed by atoms with Crippen molar-refractivity contribution in [1.82, 2.24) is 15.1 Å². The molecule has 9 nitrogen and oxygen atoms in total. The van der Waals surface area contributed by atoms with E-state index >= 15 is 0 Å². The number of benzene rings is 2. The quantitative estimate of drug-likeness (QED) is 0.588. The lowest BCUT2D eigenvalue weighted by Crippen LogP contribution is -2.34. The van der Waals surface area contributed by atoms with Gasteiger partial charge in [-0.3, -0.25) is 4.79 Å². The van der Waals surface area contributed by atoms with Crippen molar-refractivity contribution in [3.63, 3.8) is 0 Å². The monoisotopic (exact) mass is 465 g/mol. The van der Waals surface area contributed by atoms with E-state index in [1.807, 2.05) is 32.0 Å². The molecule has 10 heteroatoms. The molecular formula is C23H23N5O4S. The van der Waals surface area contributed by atoms with Crippen molar-refractivity contribution in [3.05, 3.63) is 57.5 Å². The summed E-state index contributed by atoms with van der Waals surface area (Å²) in [7, 11) is 0. The van der Waals surface area contributed by atoms with Gasteiger partial charge >= 0.3 is 6.03 Å². The van der Waals surface area contributed by atoms with Gasteiger partial charge in [0.05, 0.1) is 6.04 Å². The minimum Gasteiger partial charge on any atom is -0.454 e. The lowest BCUT2D eigenvalue weighted by Gasteiger charge is -2.23.